The van der Waals surface area contributed by atoms with E-state index in [1.807, 2.05) is 22.0 Å². The number of hydrogen-bond acceptors (Lipinski definition) is 7. The second-order valence-corrected chi connectivity index (χ2v) is 9.92. The summed E-state index contributed by atoms with van der Waals surface area (Å²) in [6.45, 7) is 0.486. The molecular weight excluding hydrogens is 487 g/mol. The SMILES string of the molecule is O=c1c2c(c3ccc(-c4cccnc4N4CCC(O)C4)cc3n1CC(F)(F)F)NN(C1CCCCO1)C2. The monoisotopic (exact) mass is 515 g/mol. The molecule has 1 aromatic carbocycles. The van der Waals surface area contributed by atoms with Gasteiger partial charge in [0.1, 0.15) is 18.6 Å². The first-order valence-corrected chi connectivity index (χ1v) is 12.6. The van der Waals surface area contributed by atoms with Gasteiger partial charge in [-0.25, -0.2) is 4.98 Å². The van der Waals surface area contributed by atoms with Gasteiger partial charge < -0.3 is 20.2 Å². The first-order chi connectivity index (χ1) is 17.8. The Bertz CT molecular complexity index is 1390. The average Bonchev–Trinajstić information content (AvgIpc) is 3.53. The molecule has 196 valence electrons. The Labute approximate surface area is 211 Å². The number of aromatic nitrogens is 2. The van der Waals surface area contributed by atoms with Crippen molar-refractivity contribution in [3.63, 3.8) is 0 Å². The van der Waals surface area contributed by atoms with Gasteiger partial charge in [0.15, 0.2) is 0 Å². The normalized spacial score (nSPS) is 22.4. The molecule has 3 aliphatic rings. The van der Waals surface area contributed by atoms with Crippen LogP contribution in [0.3, 0.4) is 0 Å². The molecule has 2 N–H and O–H groups in total. The number of β-amino-alcohol motifs (C(OH)–C–C–N with tert-alkyl or cyclic N) is 1. The van der Waals surface area contributed by atoms with E-state index >= 15 is 0 Å². The quantitative estimate of drug-likeness (QED) is 0.546. The lowest BCUT2D eigenvalue weighted by Crippen LogP contribution is -2.40. The van der Waals surface area contributed by atoms with E-state index in [0.29, 0.717) is 54.1 Å². The Morgan fingerprint density at radius 1 is 1.19 bits per heavy atom. The van der Waals surface area contributed by atoms with E-state index in [0.717, 1.165) is 29.4 Å². The molecule has 0 radical (unpaired) electrons. The van der Waals surface area contributed by atoms with E-state index in [1.165, 1.54) is 0 Å². The van der Waals surface area contributed by atoms with Crippen LogP contribution in [0.2, 0.25) is 0 Å². The minimum Gasteiger partial charge on any atom is -0.391 e. The zero-order valence-electron chi connectivity index (χ0n) is 20.2. The average molecular weight is 516 g/mol. The van der Waals surface area contributed by atoms with E-state index in [1.54, 1.807) is 24.4 Å². The number of anilines is 2. The molecule has 5 heterocycles. The van der Waals surface area contributed by atoms with Crippen molar-refractivity contribution in [1.29, 1.82) is 0 Å². The molecule has 2 fully saturated rings. The smallest absolute Gasteiger partial charge is 0.391 e. The maximum atomic E-state index is 13.7. The van der Waals surface area contributed by atoms with Gasteiger partial charge in [-0.2, -0.15) is 18.2 Å². The van der Waals surface area contributed by atoms with E-state index in [2.05, 4.69) is 10.4 Å². The van der Waals surface area contributed by atoms with E-state index in [9.17, 15) is 23.1 Å². The Hall–Kier alpha value is -3.15. The molecule has 0 amide bonds. The fourth-order valence-corrected chi connectivity index (χ4v) is 5.59. The Morgan fingerprint density at radius 3 is 2.78 bits per heavy atom. The van der Waals surface area contributed by atoms with Crippen LogP contribution in [0.5, 0.6) is 0 Å². The topological polar surface area (TPSA) is 82.9 Å². The van der Waals surface area contributed by atoms with Gasteiger partial charge in [0.2, 0.25) is 0 Å². The lowest BCUT2D eigenvalue weighted by Gasteiger charge is -2.30. The number of pyridine rings is 2. The van der Waals surface area contributed by atoms with Crippen molar-refractivity contribution >= 4 is 22.4 Å². The van der Waals surface area contributed by atoms with Crippen LogP contribution in [0.25, 0.3) is 22.0 Å². The van der Waals surface area contributed by atoms with Gasteiger partial charge in [-0.3, -0.25) is 9.36 Å². The number of hydrazine groups is 1. The lowest BCUT2D eigenvalue weighted by molar-refractivity contribution is -0.140. The molecule has 0 spiro atoms. The molecule has 3 aromatic rings. The summed E-state index contributed by atoms with van der Waals surface area (Å²) in [5.74, 6) is 0.656. The highest BCUT2D eigenvalue weighted by molar-refractivity contribution is 5.97. The predicted octanol–water partition coefficient (Wildman–Crippen LogP) is 3.87. The first-order valence-electron chi connectivity index (χ1n) is 12.6. The van der Waals surface area contributed by atoms with Gasteiger partial charge >= 0.3 is 6.18 Å². The summed E-state index contributed by atoms with van der Waals surface area (Å²) in [5.41, 5.74) is 5.04. The van der Waals surface area contributed by atoms with Crippen molar-refractivity contribution in [1.82, 2.24) is 14.6 Å². The second kappa shape index (κ2) is 9.30. The molecule has 8 nitrogen and oxygen atoms in total. The first kappa shape index (κ1) is 24.2. The molecule has 37 heavy (non-hydrogen) atoms. The minimum atomic E-state index is -4.57. The number of nitrogens with zero attached hydrogens (tertiary/aromatic N) is 4. The predicted molar refractivity (Wildman–Crippen MR) is 133 cm³/mol. The zero-order chi connectivity index (χ0) is 25.7. The van der Waals surface area contributed by atoms with Crippen molar-refractivity contribution in [2.24, 2.45) is 0 Å². The number of aliphatic hydroxyl groups excluding tert-OH is 1. The fourth-order valence-electron chi connectivity index (χ4n) is 5.59. The summed E-state index contributed by atoms with van der Waals surface area (Å²) in [6, 6.07) is 8.87. The van der Waals surface area contributed by atoms with E-state index in [-0.39, 0.29) is 18.3 Å². The van der Waals surface area contributed by atoms with Crippen molar-refractivity contribution in [2.75, 3.05) is 30.0 Å². The number of hydrogen-bond donors (Lipinski definition) is 2. The van der Waals surface area contributed by atoms with Gasteiger partial charge in [-0.15, -0.1) is 0 Å². The third-order valence-electron chi connectivity index (χ3n) is 7.35. The Balaban J connectivity index is 1.47. The number of benzene rings is 1. The van der Waals surface area contributed by atoms with Gasteiger partial charge in [-0.1, -0.05) is 12.1 Å². The molecule has 0 saturated carbocycles. The standard InChI is InChI=1S/C26H28F3N5O3/c27-26(28,29)15-33-21-12-16(18-4-3-9-30-24(18)32-10-8-17(35)13-32)6-7-19(21)23-20(25(33)36)14-34(31-23)22-5-1-2-11-37-22/h3-4,6-7,9,12,17,22,31,35H,1-2,5,8,10-11,13-15H2. The largest absolute Gasteiger partial charge is 0.406 e. The Kier molecular flexibility index (Phi) is 6.09. The van der Waals surface area contributed by atoms with Crippen LogP contribution in [0.4, 0.5) is 24.7 Å². The molecule has 2 atom stereocenters. The molecule has 0 aliphatic carbocycles. The highest BCUT2D eigenvalue weighted by atomic mass is 19.4. The molecule has 2 saturated heterocycles. The van der Waals surface area contributed by atoms with Crippen LogP contribution >= 0.6 is 0 Å². The third-order valence-corrected chi connectivity index (χ3v) is 7.35. The minimum absolute atomic E-state index is 0.179. The summed E-state index contributed by atoms with van der Waals surface area (Å²) in [6.07, 6.45) is -0.232. The zero-order valence-corrected chi connectivity index (χ0v) is 20.2. The van der Waals surface area contributed by atoms with Crippen molar-refractivity contribution in [3.8, 4) is 11.1 Å². The van der Waals surface area contributed by atoms with Crippen molar-refractivity contribution in [2.45, 2.75) is 57.3 Å². The van der Waals surface area contributed by atoms with Crippen LogP contribution < -0.4 is 15.9 Å². The number of aliphatic hydroxyl groups is 1. The maximum Gasteiger partial charge on any atom is 0.406 e. The van der Waals surface area contributed by atoms with E-state index in [4.69, 9.17) is 4.74 Å². The summed E-state index contributed by atoms with van der Waals surface area (Å²) in [5, 5.41) is 12.4. The number of rotatable bonds is 4. The summed E-state index contributed by atoms with van der Waals surface area (Å²) in [7, 11) is 0. The molecule has 6 rings (SSSR count). The molecule has 3 aliphatic heterocycles. The number of nitrogens with one attached hydrogen (secondary N) is 1. The number of alkyl halides is 3. The third kappa shape index (κ3) is 4.55. The molecular formula is C26H28F3N5O3. The summed E-state index contributed by atoms with van der Waals surface area (Å²) >= 11 is 0. The van der Waals surface area contributed by atoms with Crippen LogP contribution in [0, 0.1) is 0 Å². The maximum absolute atomic E-state index is 13.7. The molecule has 2 aromatic heterocycles. The summed E-state index contributed by atoms with van der Waals surface area (Å²) < 4.78 is 47.6. The van der Waals surface area contributed by atoms with Crippen molar-refractivity contribution < 1.29 is 23.0 Å². The highest BCUT2D eigenvalue weighted by Gasteiger charge is 2.35. The van der Waals surface area contributed by atoms with Crippen LogP contribution in [-0.2, 0) is 17.8 Å². The lowest BCUT2D eigenvalue weighted by atomic mass is 10.0. The van der Waals surface area contributed by atoms with E-state index < -0.39 is 24.4 Å². The molecule has 2 unspecified atom stereocenters. The van der Waals surface area contributed by atoms with Crippen LogP contribution in [0.15, 0.2) is 41.3 Å². The number of ether oxygens (including phenoxy) is 1. The van der Waals surface area contributed by atoms with Crippen molar-refractivity contribution in [3.05, 3.63) is 52.4 Å². The highest BCUT2D eigenvalue weighted by Crippen LogP contribution is 2.38. The van der Waals surface area contributed by atoms with Crippen LogP contribution in [0.1, 0.15) is 31.2 Å². The summed E-state index contributed by atoms with van der Waals surface area (Å²) in [4.78, 5) is 19.9. The van der Waals surface area contributed by atoms with Gasteiger partial charge in [-0.05, 0) is 49.4 Å². The second-order valence-electron chi connectivity index (χ2n) is 9.92. The van der Waals surface area contributed by atoms with Gasteiger partial charge in [0.05, 0.1) is 29.4 Å². The number of halogens is 3. The Morgan fingerprint density at radius 2 is 2.05 bits per heavy atom. The van der Waals surface area contributed by atoms with Gasteiger partial charge in [0, 0.05) is 36.8 Å². The molecule has 0 bridgehead atoms. The van der Waals surface area contributed by atoms with Crippen LogP contribution in [-0.4, -0.2) is 57.9 Å². The molecule has 11 heteroatoms. The number of fused-ring (bicyclic) bond motifs is 3. The fraction of sp³-hybridized carbons (Fsp3) is 0.462. The van der Waals surface area contributed by atoms with Gasteiger partial charge in [0.25, 0.3) is 5.56 Å².